The molecule has 1 amide bonds. The van der Waals surface area contributed by atoms with E-state index >= 15 is 0 Å². The molecule has 0 heterocycles. The van der Waals surface area contributed by atoms with Crippen molar-refractivity contribution in [3.8, 4) is 11.5 Å². The van der Waals surface area contributed by atoms with E-state index in [-0.39, 0.29) is 18.5 Å². The molecule has 0 unspecified atom stereocenters. The monoisotopic (exact) mass is 481 g/mol. The Bertz CT molecular complexity index is 987. The molecule has 0 aliphatic carbocycles. The molecule has 0 saturated carbocycles. The highest BCUT2D eigenvalue weighted by Gasteiger charge is 2.20. The SMILES string of the molecule is C=CCO[C@@H](CCCCCC(=O)OC)C(=O)Nc1ccccc1OCc1cc(C=C)cc(OC)c1. The van der Waals surface area contributed by atoms with E-state index in [0.29, 0.717) is 37.3 Å². The van der Waals surface area contributed by atoms with Gasteiger partial charge in [-0.2, -0.15) is 0 Å². The zero-order valence-corrected chi connectivity index (χ0v) is 20.6. The van der Waals surface area contributed by atoms with Crippen molar-refractivity contribution in [2.24, 2.45) is 0 Å². The van der Waals surface area contributed by atoms with Crippen molar-refractivity contribution in [1.82, 2.24) is 0 Å². The largest absolute Gasteiger partial charge is 0.497 e. The average Bonchev–Trinajstić information content (AvgIpc) is 2.89. The van der Waals surface area contributed by atoms with E-state index in [0.717, 1.165) is 29.7 Å². The molecule has 0 radical (unpaired) electrons. The topological polar surface area (TPSA) is 83.1 Å². The number of carbonyl (C=O) groups is 2. The molecule has 0 saturated heterocycles. The van der Waals surface area contributed by atoms with Crippen molar-refractivity contribution >= 4 is 23.6 Å². The van der Waals surface area contributed by atoms with Crippen LogP contribution in [0.25, 0.3) is 6.08 Å². The summed E-state index contributed by atoms with van der Waals surface area (Å²) < 4.78 is 21.7. The second-order valence-electron chi connectivity index (χ2n) is 7.88. The number of para-hydroxylation sites is 2. The number of hydrogen-bond donors (Lipinski definition) is 1. The Morgan fingerprint density at radius 2 is 1.86 bits per heavy atom. The predicted octanol–water partition coefficient (Wildman–Crippen LogP) is 5.55. The van der Waals surface area contributed by atoms with Gasteiger partial charge in [0.05, 0.1) is 26.5 Å². The van der Waals surface area contributed by atoms with Crippen LogP contribution in [0.5, 0.6) is 11.5 Å². The molecular weight excluding hydrogens is 446 g/mol. The number of ether oxygens (including phenoxy) is 4. The summed E-state index contributed by atoms with van der Waals surface area (Å²) in [5.41, 5.74) is 2.40. The maximum Gasteiger partial charge on any atom is 0.305 e. The molecule has 7 heteroatoms. The van der Waals surface area contributed by atoms with Crippen LogP contribution in [0.1, 0.15) is 43.2 Å². The highest BCUT2D eigenvalue weighted by atomic mass is 16.5. The summed E-state index contributed by atoms with van der Waals surface area (Å²) in [5.74, 6) is 0.778. The fraction of sp³-hybridized carbons (Fsp3) is 0.357. The van der Waals surface area contributed by atoms with E-state index in [2.05, 4.69) is 23.2 Å². The number of hydrogen-bond acceptors (Lipinski definition) is 6. The van der Waals surface area contributed by atoms with Crippen LogP contribution >= 0.6 is 0 Å². The maximum absolute atomic E-state index is 13.0. The molecule has 0 bridgehead atoms. The van der Waals surface area contributed by atoms with Crippen LogP contribution in [0.2, 0.25) is 0 Å². The summed E-state index contributed by atoms with van der Waals surface area (Å²) >= 11 is 0. The number of methoxy groups -OCH3 is 2. The molecule has 1 atom stereocenters. The average molecular weight is 482 g/mol. The fourth-order valence-electron chi connectivity index (χ4n) is 3.43. The molecule has 2 rings (SSSR count). The number of nitrogens with one attached hydrogen (secondary N) is 1. The summed E-state index contributed by atoms with van der Waals surface area (Å²) in [6.07, 6.45) is 5.85. The minimum atomic E-state index is -0.646. The third kappa shape index (κ3) is 9.66. The first-order valence-electron chi connectivity index (χ1n) is 11.6. The molecule has 1 N–H and O–H groups in total. The first-order chi connectivity index (χ1) is 17.0. The number of benzene rings is 2. The summed E-state index contributed by atoms with van der Waals surface area (Å²) in [7, 11) is 2.99. The highest BCUT2D eigenvalue weighted by Crippen LogP contribution is 2.27. The molecule has 0 aliphatic rings. The standard InChI is InChI=1S/C28H35NO6/c1-5-16-34-26(14-8-7-9-15-27(30)33-4)28(31)29-24-12-10-11-13-25(24)35-20-22-17-21(6-2)18-23(19-22)32-3/h5-6,10-13,17-19,26H,1-2,7-9,14-16,20H2,3-4H3,(H,29,31)/t26-/m0/s1. The lowest BCUT2D eigenvalue weighted by Gasteiger charge is -2.18. The maximum atomic E-state index is 13.0. The zero-order chi connectivity index (χ0) is 25.5. The van der Waals surface area contributed by atoms with Crippen LogP contribution in [-0.2, 0) is 25.7 Å². The van der Waals surface area contributed by atoms with Gasteiger partial charge in [0.2, 0.25) is 0 Å². The predicted molar refractivity (Wildman–Crippen MR) is 138 cm³/mol. The Morgan fingerprint density at radius 1 is 1.06 bits per heavy atom. The number of carbonyl (C=O) groups excluding carboxylic acids is 2. The van der Waals surface area contributed by atoms with E-state index in [1.54, 1.807) is 31.4 Å². The number of rotatable bonds is 16. The minimum absolute atomic E-state index is 0.228. The van der Waals surface area contributed by atoms with Gasteiger partial charge in [0.1, 0.15) is 24.2 Å². The van der Waals surface area contributed by atoms with Gasteiger partial charge in [0.15, 0.2) is 0 Å². The third-order valence-electron chi connectivity index (χ3n) is 5.28. The second-order valence-corrected chi connectivity index (χ2v) is 7.88. The van der Waals surface area contributed by atoms with Crippen molar-refractivity contribution in [3.05, 3.63) is 72.8 Å². The summed E-state index contributed by atoms with van der Waals surface area (Å²) in [5, 5.41) is 2.93. The van der Waals surface area contributed by atoms with E-state index in [4.69, 9.17) is 14.2 Å². The van der Waals surface area contributed by atoms with Gasteiger partial charge in [-0.15, -0.1) is 6.58 Å². The molecule has 2 aromatic rings. The third-order valence-corrected chi connectivity index (χ3v) is 5.28. The Labute approximate surface area is 207 Å². The fourth-order valence-corrected chi connectivity index (χ4v) is 3.43. The number of unbranched alkanes of at least 4 members (excludes halogenated alkanes) is 2. The van der Waals surface area contributed by atoms with Gasteiger partial charge < -0.3 is 24.3 Å². The van der Waals surface area contributed by atoms with Gasteiger partial charge in [-0.25, -0.2) is 0 Å². The quantitative estimate of drug-likeness (QED) is 0.192. The van der Waals surface area contributed by atoms with E-state index in [1.165, 1.54) is 7.11 Å². The number of esters is 1. The van der Waals surface area contributed by atoms with Gasteiger partial charge in [-0.1, -0.05) is 43.7 Å². The Kier molecular flexibility index (Phi) is 12.1. The number of anilines is 1. The van der Waals surface area contributed by atoms with Crippen LogP contribution < -0.4 is 14.8 Å². The van der Waals surface area contributed by atoms with Gasteiger partial charge >= 0.3 is 5.97 Å². The zero-order valence-electron chi connectivity index (χ0n) is 20.6. The molecule has 35 heavy (non-hydrogen) atoms. The van der Waals surface area contributed by atoms with Crippen molar-refractivity contribution in [1.29, 1.82) is 0 Å². The number of amides is 1. The van der Waals surface area contributed by atoms with Crippen molar-refractivity contribution in [3.63, 3.8) is 0 Å². The molecule has 0 aliphatic heterocycles. The second kappa shape index (κ2) is 15.3. The van der Waals surface area contributed by atoms with Crippen LogP contribution in [0.15, 0.2) is 61.7 Å². The Balaban J connectivity index is 2.01. The van der Waals surface area contributed by atoms with Gasteiger partial charge in [0.25, 0.3) is 5.91 Å². The molecule has 188 valence electrons. The Morgan fingerprint density at radius 3 is 2.57 bits per heavy atom. The van der Waals surface area contributed by atoms with Crippen LogP contribution in [-0.4, -0.2) is 38.8 Å². The smallest absolute Gasteiger partial charge is 0.305 e. The van der Waals surface area contributed by atoms with Crippen LogP contribution in [0.3, 0.4) is 0 Å². The van der Waals surface area contributed by atoms with Crippen molar-refractivity contribution < 1.29 is 28.5 Å². The molecule has 7 nitrogen and oxygen atoms in total. The first-order valence-corrected chi connectivity index (χ1v) is 11.6. The lowest BCUT2D eigenvalue weighted by Crippen LogP contribution is -2.31. The van der Waals surface area contributed by atoms with Crippen LogP contribution in [0.4, 0.5) is 5.69 Å². The summed E-state index contributed by atoms with van der Waals surface area (Å²) in [6.45, 7) is 8.03. The van der Waals surface area contributed by atoms with Crippen LogP contribution in [0, 0.1) is 0 Å². The normalized spacial score (nSPS) is 11.3. The summed E-state index contributed by atoms with van der Waals surface area (Å²) in [6, 6.07) is 13.0. The molecule has 0 fully saturated rings. The van der Waals surface area contributed by atoms with Gasteiger partial charge in [0, 0.05) is 6.42 Å². The summed E-state index contributed by atoms with van der Waals surface area (Å²) in [4.78, 5) is 24.3. The van der Waals surface area contributed by atoms with Crippen molar-refractivity contribution in [2.45, 2.75) is 44.8 Å². The lowest BCUT2D eigenvalue weighted by atomic mass is 10.1. The first kappa shape index (κ1) is 27.7. The van der Waals surface area contributed by atoms with Crippen molar-refractivity contribution in [2.75, 3.05) is 26.1 Å². The van der Waals surface area contributed by atoms with Gasteiger partial charge in [-0.05, 0) is 54.3 Å². The molecule has 0 spiro atoms. The van der Waals surface area contributed by atoms with Gasteiger partial charge in [-0.3, -0.25) is 9.59 Å². The molecule has 2 aromatic carbocycles. The molecular formula is C28H35NO6. The minimum Gasteiger partial charge on any atom is -0.497 e. The Hall–Kier alpha value is -3.58. The van der Waals surface area contributed by atoms with E-state index in [9.17, 15) is 9.59 Å². The van der Waals surface area contributed by atoms with E-state index in [1.807, 2.05) is 30.3 Å². The molecule has 0 aromatic heterocycles. The lowest BCUT2D eigenvalue weighted by molar-refractivity contribution is -0.140. The highest BCUT2D eigenvalue weighted by molar-refractivity contribution is 5.95. The van der Waals surface area contributed by atoms with E-state index < -0.39 is 6.10 Å².